The normalized spacial score (nSPS) is 19.3. The lowest BCUT2D eigenvalue weighted by Crippen LogP contribution is -2.39. The van der Waals surface area contributed by atoms with E-state index in [9.17, 15) is 8.42 Å². The van der Waals surface area contributed by atoms with E-state index in [1.54, 1.807) is 6.92 Å². The van der Waals surface area contributed by atoms with E-state index in [1.807, 2.05) is 0 Å². The Labute approximate surface area is 115 Å². The molecule has 1 fully saturated rings. The topological polar surface area (TPSA) is 70.5 Å². The van der Waals surface area contributed by atoms with Gasteiger partial charge in [-0.25, -0.2) is 13.4 Å². The second kappa shape index (κ2) is 5.42. The summed E-state index contributed by atoms with van der Waals surface area (Å²) in [4.78, 5) is 3.94. The second-order valence-corrected chi connectivity index (χ2v) is 8.08. The highest BCUT2D eigenvalue weighted by Crippen LogP contribution is 2.31. The van der Waals surface area contributed by atoms with Gasteiger partial charge >= 0.3 is 0 Å². The quantitative estimate of drug-likeness (QED) is 0.918. The molecule has 5 nitrogen and oxygen atoms in total. The number of thiazole rings is 1. The van der Waals surface area contributed by atoms with Gasteiger partial charge in [0, 0.05) is 19.7 Å². The first-order chi connectivity index (χ1) is 8.45. The molecule has 2 rings (SSSR count). The number of aliphatic hydroxyl groups is 1. The molecule has 0 atom stereocenters. The van der Waals surface area contributed by atoms with Gasteiger partial charge in [0.05, 0.1) is 5.69 Å². The van der Waals surface area contributed by atoms with E-state index < -0.39 is 10.0 Å². The zero-order valence-electron chi connectivity index (χ0n) is 9.97. The summed E-state index contributed by atoms with van der Waals surface area (Å²) in [6.45, 7) is 2.67. The third kappa shape index (κ3) is 2.70. The van der Waals surface area contributed by atoms with E-state index in [0.29, 0.717) is 31.6 Å². The molecular weight excluding hydrogens is 296 g/mol. The molecule has 0 unspecified atom stereocenters. The maximum atomic E-state index is 12.4. The maximum absolute atomic E-state index is 12.4. The molecule has 0 aromatic carbocycles. The van der Waals surface area contributed by atoms with E-state index >= 15 is 0 Å². The average molecular weight is 311 g/mol. The molecule has 18 heavy (non-hydrogen) atoms. The minimum Gasteiger partial charge on any atom is -0.396 e. The van der Waals surface area contributed by atoms with Crippen LogP contribution in [0.4, 0.5) is 0 Å². The van der Waals surface area contributed by atoms with Crippen molar-refractivity contribution in [3.8, 4) is 0 Å². The molecule has 1 aromatic rings. The van der Waals surface area contributed by atoms with Crippen molar-refractivity contribution in [2.75, 3.05) is 19.7 Å². The smallest absolute Gasteiger partial charge is 0.254 e. The number of aromatic nitrogens is 1. The number of sulfonamides is 1. The van der Waals surface area contributed by atoms with Gasteiger partial charge in [-0.05, 0) is 25.7 Å². The van der Waals surface area contributed by atoms with Crippen LogP contribution in [0.3, 0.4) is 0 Å². The Morgan fingerprint density at radius 2 is 2.11 bits per heavy atom. The molecule has 0 amide bonds. The number of hydrogen-bond donors (Lipinski definition) is 1. The van der Waals surface area contributed by atoms with Crippen LogP contribution in [0.25, 0.3) is 0 Å². The Morgan fingerprint density at radius 1 is 1.50 bits per heavy atom. The number of halogens is 1. The average Bonchev–Trinajstić information content (AvgIpc) is 2.69. The van der Waals surface area contributed by atoms with Crippen LogP contribution >= 0.6 is 22.9 Å². The van der Waals surface area contributed by atoms with Crippen LogP contribution in [0.5, 0.6) is 0 Å². The lowest BCUT2D eigenvalue weighted by atomic mass is 10.00. The summed E-state index contributed by atoms with van der Waals surface area (Å²) in [5.74, 6) is 0.211. The fourth-order valence-corrected chi connectivity index (χ4v) is 5.38. The molecule has 8 heteroatoms. The number of aliphatic hydroxyl groups excluding tert-OH is 1. The van der Waals surface area contributed by atoms with Gasteiger partial charge in [0.1, 0.15) is 0 Å². The third-order valence-electron chi connectivity index (χ3n) is 3.13. The Hall–Kier alpha value is -0.210. The van der Waals surface area contributed by atoms with Gasteiger partial charge in [-0.2, -0.15) is 4.31 Å². The van der Waals surface area contributed by atoms with Crippen molar-refractivity contribution in [3.63, 3.8) is 0 Å². The number of rotatable bonds is 3. The lowest BCUT2D eigenvalue weighted by molar-refractivity contribution is 0.170. The number of hydrogen-bond acceptors (Lipinski definition) is 5. The maximum Gasteiger partial charge on any atom is 0.254 e. The predicted molar refractivity (Wildman–Crippen MR) is 70.4 cm³/mol. The number of aryl methyl sites for hydroxylation is 1. The molecule has 1 N–H and O–H groups in total. The van der Waals surface area contributed by atoms with Gasteiger partial charge in [0.2, 0.25) is 0 Å². The molecule has 0 aliphatic carbocycles. The Balaban J connectivity index is 2.20. The summed E-state index contributed by atoms with van der Waals surface area (Å²) in [7, 11) is -3.48. The second-order valence-electron chi connectivity index (χ2n) is 4.37. The van der Waals surface area contributed by atoms with Crippen molar-refractivity contribution in [1.82, 2.24) is 9.29 Å². The van der Waals surface area contributed by atoms with E-state index in [2.05, 4.69) is 4.98 Å². The van der Waals surface area contributed by atoms with Gasteiger partial charge in [0.15, 0.2) is 8.68 Å². The zero-order chi connectivity index (χ0) is 13.3. The highest BCUT2D eigenvalue weighted by Gasteiger charge is 2.32. The molecule has 102 valence electrons. The fraction of sp³-hybridized carbons (Fsp3) is 0.700. The Kier molecular flexibility index (Phi) is 4.28. The molecule has 1 aliphatic heterocycles. The summed E-state index contributed by atoms with van der Waals surface area (Å²) in [6, 6.07) is 0. The standard InChI is InChI=1S/C10H15ClN2O3S2/c1-7-9(17-10(11)12-7)18(15,16)13-4-2-8(6-14)3-5-13/h8,14H,2-6H2,1H3. The summed E-state index contributed by atoms with van der Waals surface area (Å²) < 4.78 is 26.7. The SMILES string of the molecule is Cc1nc(Cl)sc1S(=O)(=O)N1CCC(CO)CC1. The number of piperidine rings is 1. The molecule has 0 bridgehead atoms. The molecule has 0 spiro atoms. The summed E-state index contributed by atoms with van der Waals surface area (Å²) in [6.07, 6.45) is 1.39. The first kappa shape index (κ1) is 14.2. The molecule has 1 aliphatic rings. The highest BCUT2D eigenvalue weighted by atomic mass is 35.5. The van der Waals surface area contributed by atoms with Gasteiger partial charge in [0.25, 0.3) is 10.0 Å². The first-order valence-electron chi connectivity index (χ1n) is 5.69. The van der Waals surface area contributed by atoms with E-state index in [-0.39, 0.29) is 21.2 Å². The molecule has 1 aromatic heterocycles. The van der Waals surface area contributed by atoms with Crippen molar-refractivity contribution in [1.29, 1.82) is 0 Å². The summed E-state index contributed by atoms with van der Waals surface area (Å²) in [5, 5.41) is 9.05. The van der Waals surface area contributed by atoms with Gasteiger partial charge in [-0.1, -0.05) is 22.9 Å². The summed E-state index contributed by atoms with van der Waals surface area (Å²) >= 11 is 6.74. The van der Waals surface area contributed by atoms with Crippen LogP contribution in [0.1, 0.15) is 18.5 Å². The van der Waals surface area contributed by atoms with Crippen LogP contribution in [-0.4, -0.2) is 42.5 Å². The number of nitrogens with zero attached hydrogens (tertiary/aromatic N) is 2. The van der Waals surface area contributed by atoms with E-state index in [1.165, 1.54) is 4.31 Å². The Morgan fingerprint density at radius 3 is 2.56 bits per heavy atom. The first-order valence-corrected chi connectivity index (χ1v) is 8.32. The minimum atomic E-state index is -3.48. The summed E-state index contributed by atoms with van der Waals surface area (Å²) in [5.41, 5.74) is 0.453. The molecule has 0 radical (unpaired) electrons. The van der Waals surface area contributed by atoms with Crippen LogP contribution in [-0.2, 0) is 10.0 Å². The van der Waals surface area contributed by atoms with Crippen LogP contribution in [0.2, 0.25) is 4.47 Å². The highest BCUT2D eigenvalue weighted by molar-refractivity contribution is 7.91. The molecule has 1 saturated heterocycles. The van der Waals surface area contributed by atoms with Crippen LogP contribution < -0.4 is 0 Å². The monoisotopic (exact) mass is 310 g/mol. The predicted octanol–water partition coefficient (Wildman–Crippen LogP) is 1.50. The van der Waals surface area contributed by atoms with Crippen LogP contribution in [0, 0.1) is 12.8 Å². The molecule has 2 heterocycles. The molecule has 0 saturated carbocycles. The van der Waals surface area contributed by atoms with Crippen molar-refractivity contribution in [3.05, 3.63) is 10.2 Å². The van der Waals surface area contributed by atoms with Gasteiger partial charge in [-0.3, -0.25) is 0 Å². The minimum absolute atomic E-state index is 0.124. The zero-order valence-corrected chi connectivity index (χ0v) is 12.4. The van der Waals surface area contributed by atoms with E-state index in [4.69, 9.17) is 16.7 Å². The lowest BCUT2D eigenvalue weighted by Gasteiger charge is -2.29. The van der Waals surface area contributed by atoms with Gasteiger partial charge in [-0.15, -0.1) is 0 Å². The van der Waals surface area contributed by atoms with E-state index in [0.717, 1.165) is 11.3 Å². The Bertz CT molecular complexity index is 521. The van der Waals surface area contributed by atoms with Crippen LogP contribution in [0.15, 0.2) is 4.21 Å². The fourth-order valence-electron chi connectivity index (χ4n) is 2.04. The van der Waals surface area contributed by atoms with Crippen molar-refractivity contribution in [2.24, 2.45) is 5.92 Å². The van der Waals surface area contributed by atoms with Crippen molar-refractivity contribution in [2.45, 2.75) is 24.0 Å². The third-order valence-corrected chi connectivity index (χ3v) is 6.88. The van der Waals surface area contributed by atoms with Crippen molar-refractivity contribution >= 4 is 33.0 Å². The van der Waals surface area contributed by atoms with Gasteiger partial charge < -0.3 is 5.11 Å². The molecular formula is C10H15ClN2O3S2. The largest absolute Gasteiger partial charge is 0.396 e. The van der Waals surface area contributed by atoms with Crippen molar-refractivity contribution < 1.29 is 13.5 Å².